The number of aryl methyl sites for hydroxylation is 1. The second-order valence-corrected chi connectivity index (χ2v) is 6.57. The first-order chi connectivity index (χ1) is 11.2. The number of piperazine rings is 1. The monoisotopic (exact) mass is 332 g/mol. The summed E-state index contributed by atoms with van der Waals surface area (Å²) < 4.78 is 0. The fraction of sp³-hybridized carbons (Fsp3) is 0.438. The van der Waals surface area contributed by atoms with Gasteiger partial charge in [0.25, 0.3) is 5.69 Å². The molecule has 0 bridgehead atoms. The standard InChI is InChI=1S/C16H20N4O2S/c1-2-16-17-13(12-23-16)11-18-7-9-19(10-8-18)14-3-5-15(6-4-14)20(21)22/h3-6,12H,2,7-11H2,1H3. The van der Waals surface area contributed by atoms with Gasteiger partial charge in [0.15, 0.2) is 0 Å². The van der Waals surface area contributed by atoms with Crippen LogP contribution in [0.25, 0.3) is 0 Å². The third-order valence-corrected chi connectivity index (χ3v) is 5.13. The topological polar surface area (TPSA) is 62.5 Å². The van der Waals surface area contributed by atoms with Gasteiger partial charge in [0.05, 0.1) is 15.6 Å². The van der Waals surface area contributed by atoms with E-state index in [1.165, 1.54) is 5.01 Å². The van der Waals surface area contributed by atoms with Crippen LogP contribution in [0.15, 0.2) is 29.6 Å². The van der Waals surface area contributed by atoms with Crippen molar-refractivity contribution in [2.45, 2.75) is 19.9 Å². The summed E-state index contributed by atoms with van der Waals surface area (Å²) in [6, 6.07) is 6.82. The Bertz CT molecular complexity index is 663. The molecule has 2 aromatic rings. The summed E-state index contributed by atoms with van der Waals surface area (Å²) in [5.41, 5.74) is 2.36. The van der Waals surface area contributed by atoms with Crippen molar-refractivity contribution in [2.24, 2.45) is 0 Å². The van der Waals surface area contributed by atoms with Crippen molar-refractivity contribution >= 4 is 22.7 Å². The first kappa shape index (κ1) is 15.9. The molecule has 1 aliphatic rings. The van der Waals surface area contributed by atoms with Gasteiger partial charge in [0, 0.05) is 55.9 Å². The molecule has 6 nitrogen and oxygen atoms in total. The molecule has 1 aromatic heterocycles. The molecule has 0 unspecified atom stereocenters. The van der Waals surface area contributed by atoms with Crippen LogP contribution in [0.3, 0.4) is 0 Å². The molecule has 0 amide bonds. The van der Waals surface area contributed by atoms with Crippen LogP contribution < -0.4 is 4.90 Å². The van der Waals surface area contributed by atoms with Gasteiger partial charge in [-0.15, -0.1) is 11.3 Å². The minimum Gasteiger partial charge on any atom is -0.369 e. The van der Waals surface area contributed by atoms with Crippen molar-refractivity contribution in [3.8, 4) is 0 Å². The molecule has 1 saturated heterocycles. The second-order valence-electron chi connectivity index (χ2n) is 5.62. The average molecular weight is 332 g/mol. The summed E-state index contributed by atoms with van der Waals surface area (Å²) in [5, 5.41) is 14.1. The highest BCUT2D eigenvalue weighted by atomic mass is 32.1. The Morgan fingerprint density at radius 3 is 2.48 bits per heavy atom. The lowest BCUT2D eigenvalue weighted by Gasteiger charge is -2.35. The first-order valence-corrected chi connectivity index (χ1v) is 8.68. The van der Waals surface area contributed by atoms with Gasteiger partial charge in [-0.2, -0.15) is 0 Å². The van der Waals surface area contributed by atoms with Gasteiger partial charge >= 0.3 is 0 Å². The maximum absolute atomic E-state index is 10.7. The van der Waals surface area contributed by atoms with Crippen molar-refractivity contribution in [3.05, 3.63) is 50.5 Å². The summed E-state index contributed by atoms with van der Waals surface area (Å²) in [6.45, 7) is 6.87. The quantitative estimate of drug-likeness (QED) is 0.622. The predicted molar refractivity (Wildman–Crippen MR) is 92.1 cm³/mol. The van der Waals surface area contributed by atoms with E-state index in [0.717, 1.165) is 50.5 Å². The van der Waals surface area contributed by atoms with E-state index < -0.39 is 0 Å². The summed E-state index contributed by atoms with van der Waals surface area (Å²) in [7, 11) is 0. The summed E-state index contributed by atoms with van der Waals surface area (Å²) in [4.78, 5) is 19.7. The zero-order chi connectivity index (χ0) is 16.2. The van der Waals surface area contributed by atoms with E-state index in [4.69, 9.17) is 0 Å². The molecular weight excluding hydrogens is 312 g/mol. The van der Waals surface area contributed by atoms with Gasteiger partial charge in [-0.25, -0.2) is 4.98 Å². The molecule has 122 valence electrons. The third-order valence-electron chi connectivity index (χ3n) is 4.09. The van der Waals surface area contributed by atoms with Crippen LogP contribution in [0, 0.1) is 10.1 Å². The van der Waals surface area contributed by atoms with Crippen molar-refractivity contribution in [1.29, 1.82) is 0 Å². The van der Waals surface area contributed by atoms with Crippen LogP contribution >= 0.6 is 11.3 Å². The molecule has 0 saturated carbocycles. The molecule has 23 heavy (non-hydrogen) atoms. The van der Waals surface area contributed by atoms with Crippen LogP contribution in [-0.2, 0) is 13.0 Å². The number of aromatic nitrogens is 1. The van der Waals surface area contributed by atoms with Crippen molar-refractivity contribution in [2.75, 3.05) is 31.1 Å². The van der Waals surface area contributed by atoms with E-state index in [-0.39, 0.29) is 10.6 Å². The average Bonchev–Trinajstić information content (AvgIpc) is 3.03. The van der Waals surface area contributed by atoms with Crippen LogP contribution in [0.5, 0.6) is 0 Å². The van der Waals surface area contributed by atoms with Crippen LogP contribution in [0.2, 0.25) is 0 Å². The van der Waals surface area contributed by atoms with E-state index in [0.29, 0.717) is 0 Å². The van der Waals surface area contributed by atoms with Crippen molar-refractivity contribution < 1.29 is 4.92 Å². The summed E-state index contributed by atoms with van der Waals surface area (Å²) in [5.74, 6) is 0. The molecule has 1 fully saturated rings. The Hall–Kier alpha value is -1.99. The maximum Gasteiger partial charge on any atom is 0.269 e. The smallest absolute Gasteiger partial charge is 0.269 e. The Kier molecular flexibility index (Phi) is 4.88. The highest BCUT2D eigenvalue weighted by Gasteiger charge is 2.18. The van der Waals surface area contributed by atoms with Gasteiger partial charge in [0.1, 0.15) is 0 Å². The van der Waals surface area contributed by atoms with Gasteiger partial charge in [0.2, 0.25) is 0 Å². The zero-order valence-electron chi connectivity index (χ0n) is 13.1. The van der Waals surface area contributed by atoms with Gasteiger partial charge in [-0.05, 0) is 18.6 Å². The normalized spacial score (nSPS) is 15.8. The van der Waals surface area contributed by atoms with Crippen molar-refractivity contribution in [3.63, 3.8) is 0 Å². The molecule has 0 aliphatic carbocycles. The van der Waals surface area contributed by atoms with Crippen LogP contribution in [0.1, 0.15) is 17.6 Å². The number of nitro groups is 1. The lowest BCUT2D eigenvalue weighted by Crippen LogP contribution is -2.46. The Labute approximate surface area is 139 Å². The van der Waals surface area contributed by atoms with Crippen LogP contribution in [-0.4, -0.2) is 41.0 Å². The highest BCUT2D eigenvalue weighted by Crippen LogP contribution is 2.21. The largest absolute Gasteiger partial charge is 0.369 e. The number of non-ortho nitro benzene ring substituents is 1. The minimum atomic E-state index is -0.361. The molecule has 3 rings (SSSR count). The maximum atomic E-state index is 10.7. The molecule has 0 spiro atoms. The summed E-state index contributed by atoms with van der Waals surface area (Å²) >= 11 is 1.74. The lowest BCUT2D eigenvalue weighted by atomic mass is 10.2. The fourth-order valence-corrected chi connectivity index (χ4v) is 3.50. The van der Waals surface area contributed by atoms with E-state index >= 15 is 0 Å². The van der Waals surface area contributed by atoms with Crippen molar-refractivity contribution in [1.82, 2.24) is 9.88 Å². The molecule has 0 radical (unpaired) electrons. The second kappa shape index (κ2) is 7.06. The molecule has 0 atom stereocenters. The SMILES string of the molecule is CCc1nc(CN2CCN(c3ccc([N+](=O)[O-])cc3)CC2)cs1. The number of hydrogen-bond acceptors (Lipinski definition) is 6. The molecule has 1 aliphatic heterocycles. The summed E-state index contributed by atoms with van der Waals surface area (Å²) in [6.07, 6.45) is 0.999. The minimum absolute atomic E-state index is 0.141. The van der Waals surface area contributed by atoms with Gasteiger partial charge in [-0.1, -0.05) is 6.92 Å². The number of rotatable bonds is 5. The lowest BCUT2D eigenvalue weighted by molar-refractivity contribution is -0.384. The predicted octanol–water partition coefficient (Wildman–Crippen LogP) is 2.94. The third kappa shape index (κ3) is 3.86. The van der Waals surface area contributed by atoms with Crippen LogP contribution in [0.4, 0.5) is 11.4 Å². The van der Waals surface area contributed by atoms with Gasteiger partial charge in [-0.3, -0.25) is 15.0 Å². The highest BCUT2D eigenvalue weighted by molar-refractivity contribution is 7.09. The zero-order valence-corrected chi connectivity index (χ0v) is 14.0. The number of nitrogens with zero attached hydrogens (tertiary/aromatic N) is 4. The fourth-order valence-electron chi connectivity index (χ4n) is 2.76. The van der Waals surface area contributed by atoms with E-state index in [1.54, 1.807) is 23.5 Å². The Morgan fingerprint density at radius 2 is 1.91 bits per heavy atom. The molecule has 0 N–H and O–H groups in total. The van der Waals surface area contributed by atoms with E-state index in [1.807, 2.05) is 12.1 Å². The molecule has 1 aromatic carbocycles. The van der Waals surface area contributed by atoms with E-state index in [9.17, 15) is 10.1 Å². The molecular formula is C16H20N4O2S. The number of hydrogen-bond donors (Lipinski definition) is 0. The number of thiazole rings is 1. The molecule has 7 heteroatoms. The Balaban J connectivity index is 1.54. The first-order valence-electron chi connectivity index (χ1n) is 7.80. The van der Waals surface area contributed by atoms with Gasteiger partial charge < -0.3 is 4.90 Å². The number of nitro benzene ring substituents is 1. The molecule has 2 heterocycles. The number of benzene rings is 1. The Morgan fingerprint density at radius 1 is 1.22 bits per heavy atom. The number of anilines is 1. The van der Waals surface area contributed by atoms with E-state index in [2.05, 4.69) is 27.1 Å².